The number of rotatable bonds is 7. The number of hydrogen-bond donors (Lipinski definition) is 2. The summed E-state index contributed by atoms with van der Waals surface area (Å²) in [5.41, 5.74) is 3.46. The van der Waals surface area contributed by atoms with Gasteiger partial charge in [-0.2, -0.15) is 0 Å². The summed E-state index contributed by atoms with van der Waals surface area (Å²) in [6.07, 6.45) is -0.358. The smallest absolute Gasteiger partial charge is 0.124 e. The standard InChI is InChI=1S/C18H22BrNO2/c1-13-4-3-5-15(8-13)12-22-18-7-6-17(19)9-16(18)11-20-10-14(2)21/h3-9,14,20-21H,10-12H2,1-2H3/t14-/m0/s1. The van der Waals surface area contributed by atoms with Crippen molar-refractivity contribution in [1.82, 2.24) is 5.32 Å². The maximum Gasteiger partial charge on any atom is 0.124 e. The molecule has 2 rings (SSSR count). The van der Waals surface area contributed by atoms with Gasteiger partial charge < -0.3 is 15.2 Å². The Balaban J connectivity index is 2.03. The summed E-state index contributed by atoms with van der Waals surface area (Å²) in [6.45, 7) is 5.61. The predicted octanol–water partition coefficient (Wildman–Crippen LogP) is 3.81. The molecule has 0 bridgehead atoms. The molecule has 0 unspecified atom stereocenters. The summed E-state index contributed by atoms with van der Waals surface area (Å²) in [5.74, 6) is 0.864. The Labute approximate surface area is 140 Å². The summed E-state index contributed by atoms with van der Waals surface area (Å²) in [6, 6.07) is 14.3. The summed E-state index contributed by atoms with van der Waals surface area (Å²) in [5, 5.41) is 12.6. The van der Waals surface area contributed by atoms with Gasteiger partial charge in [-0.3, -0.25) is 0 Å². The van der Waals surface area contributed by atoms with Crippen molar-refractivity contribution in [3.8, 4) is 5.75 Å². The van der Waals surface area contributed by atoms with Crippen molar-refractivity contribution in [2.75, 3.05) is 6.54 Å². The summed E-state index contributed by atoms with van der Waals surface area (Å²) >= 11 is 3.49. The molecule has 0 saturated heterocycles. The molecule has 0 saturated carbocycles. The van der Waals surface area contributed by atoms with E-state index in [1.807, 2.05) is 24.3 Å². The molecule has 0 aromatic heterocycles. The highest BCUT2D eigenvalue weighted by atomic mass is 79.9. The van der Waals surface area contributed by atoms with E-state index in [9.17, 15) is 5.11 Å². The van der Waals surface area contributed by atoms with Gasteiger partial charge in [0.05, 0.1) is 6.10 Å². The molecular weight excluding hydrogens is 342 g/mol. The molecule has 1 atom stereocenters. The molecule has 0 radical (unpaired) electrons. The molecule has 0 aliphatic carbocycles. The molecule has 2 aromatic carbocycles. The van der Waals surface area contributed by atoms with E-state index in [0.717, 1.165) is 21.3 Å². The zero-order chi connectivity index (χ0) is 15.9. The number of aliphatic hydroxyl groups excluding tert-OH is 1. The van der Waals surface area contributed by atoms with E-state index >= 15 is 0 Å². The largest absolute Gasteiger partial charge is 0.489 e. The number of nitrogens with one attached hydrogen (secondary N) is 1. The van der Waals surface area contributed by atoms with Crippen LogP contribution in [0.1, 0.15) is 23.6 Å². The van der Waals surface area contributed by atoms with E-state index in [1.54, 1.807) is 6.92 Å². The van der Waals surface area contributed by atoms with Crippen LogP contribution in [-0.2, 0) is 13.2 Å². The Morgan fingerprint density at radius 1 is 1.23 bits per heavy atom. The van der Waals surface area contributed by atoms with Crippen molar-refractivity contribution in [3.63, 3.8) is 0 Å². The Hall–Kier alpha value is -1.36. The predicted molar refractivity (Wildman–Crippen MR) is 93.0 cm³/mol. The van der Waals surface area contributed by atoms with Crippen LogP contribution in [0.5, 0.6) is 5.75 Å². The van der Waals surface area contributed by atoms with Crippen LogP contribution in [0.25, 0.3) is 0 Å². The highest BCUT2D eigenvalue weighted by molar-refractivity contribution is 9.10. The number of aryl methyl sites for hydroxylation is 1. The Kier molecular flexibility index (Phi) is 6.43. The van der Waals surface area contributed by atoms with Gasteiger partial charge in [-0.15, -0.1) is 0 Å². The van der Waals surface area contributed by atoms with Crippen molar-refractivity contribution < 1.29 is 9.84 Å². The van der Waals surface area contributed by atoms with Gasteiger partial charge in [-0.25, -0.2) is 0 Å². The van der Waals surface area contributed by atoms with Gasteiger partial charge in [0.15, 0.2) is 0 Å². The van der Waals surface area contributed by atoms with Crippen LogP contribution in [-0.4, -0.2) is 17.8 Å². The van der Waals surface area contributed by atoms with Gasteiger partial charge in [0.2, 0.25) is 0 Å². The van der Waals surface area contributed by atoms with Crippen LogP contribution in [0.3, 0.4) is 0 Å². The first-order valence-corrected chi connectivity index (χ1v) is 8.19. The lowest BCUT2D eigenvalue weighted by atomic mass is 10.1. The van der Waals surface area contributed by atoms with Crippen LogP contribution >= 0.6 is 15.9 Å². The van der Waals surface area contributed by atoms with Crippen LogP contribution in [0.15, 0.2) is 46.9 Å². The second-order valence-corrected chi connectivity index (χ2v) is 6.43. The number of halogens is 1. The van der Waals surface area contributed by atoms with E-state index in [2.05, 4.69) is 46.4 Å². The fourth-order valence-electron chi connectivity index (χ4n) is 2.21. The van der Waals surface area contributed by atoms with Crippen molar-refractivity contribution in [1.29, 1.82) is 0 Å². The molecule has 3 nitrogen and oxygen atoms in total. The topological polar surface area (TPSA) is 41.5 Å². The second kappa shape index (κ2) is 8.32. The lowest BCUT2D eigenvalue weighted by molar-refractivity contribution is 0.190. The average Bonchev–Trinajstić information content (AvgIpc) is 2.46. The van der Waals surface area contributed by atoms with E-state index < -0.39 is 0 Å². The lowest BCUT2D eigenvalue weighted by Crippen LogP contribution is -2.24. The van der Waals surface area contributed by atoms with Crippen LogP contribution in [0.2, 0.25) is 0 Å². The third-order valence-electron chi connectivity index (χ3n) is 3.25. The molecule has 0 aliphatic heterocycles. The van der Waals surface area contributed by atoms with E-state index in [0.29, 0.717) is 19.7 Å². The van der Waals surface area contributed by atoms with Gasteiger partial charge in [-0.1, -0.05) is 45.8 Å². The molecule has 0 heterocycles. The molecule has 0 fully saturated rings. The van der Waals surface area contributed by atoms with Crippen LogP contribution in [0.4, 0.5) is 0 Å². The fourth-order valence-corrected chi connectivity index (χ4v) is 2.61. The second-order valence-electron chi connectivity index (χ2n) is 5.51. The van der Waals surface area contributed by atoms with E-state index in [1.165, 1.54) is 5.56 Å². The maximum absolute atomic E-state index is 9.33. The fraction of sp³-hybridized carbons (Fsp3) is 0.333. The molecule has 118 valence electrons. The molecule has 0 amide bonds. The van der Waals surface area contributed by atoms with Crippen molar-refractivity contribution >= 4 is 15.9 Å². The van der Waals surface area contributed by atoms with Crippen molar-refractivity contribution in [2.45, 2.75) is 33.1 Å². The van der Waals surface area contributed by atoms with Crippen LogP contribution < -0.4 is 10.1 Å². The first-order valence-electron chi connectivity index (χ1n) is 7.40. The number of ether oxygens (including phenoxy) is 1. The first kappa shape index (κ1) is 17.0. The highest BCUT2D eigenvalue weighted by Gasteiger charge is 2.06. The van der Waals surface area contributed by atoms with Crippen LogP contribution in [0, 0.1) is 6.92 Å². The van der Waals surface area contributed by atoms with E-state index in [4.69, 9.17) is 4.74 Å². The Morgan fingerprint density at radius 3 is 2.77 bits per heavy atom. The minimum atomic E-state index is -0.358. The van der Waals surface area contributed by atoms with Gasteiger partial charge in [-0.05, 0) is 37.6 Å². The van der Waals surface area contributed by atoms with Gasteiger partial charge in [0.25, 0.3) is 0 Å². The molecule has 0 aliphatic rings. The average molecular weight is 364 g/mol. The zero-order valence-corrected chi connectivity index (χ0v) is 14.6. The number of aliphatic hydroxyl groups is 1. The SMILES string of the molecule is Cc1cccc(COc2ccc(Br)cc2CNC[C@H](C)O)c1. The normalized spacial score (nSPS) is 12.2. The molecular formula is C18H22BrNO2. The van der Waals surface area contributed by atoms with Crippen molar-refractivity contribution in [2.24, 2.45) is 0 Å². The highest BCUT2D eigenvalue weighted by Crippen LogP contribution is 2.24. The summed E-state index contributed by atoms with van der Waals surface area (Å²) < 4.78 is 6.99. The summed E-state index contributed by atoms with van der Waals surface area (Å²) in [7, 11) is 0. The first-order chi connectivity index (χ1) is 10.5. The number of benzene rings is 2. The molecule has 2 aromatic rings. The van der Waals surface area contributed by atoms with Gasteiger partial charge in [0.1, 0.15) is 12.4 Å². The molecule has 2 N–H and O–H groups in total. The lowest BCUT2D eigenvalue weighted by Gasteiger charge is -2.14. The third kappa shape index (κ3) is 5.44. The summed E-state index contributed by atoms with van der Waals surface area (Å²) in [4.78, 5) is 0. The monoisotopic (exact) mass is 363 g/mol. The molecule has 0 spiro atoms. The zero-order valence-electron chi connectivity index (χ0n) is 13.0. The van der Waals surface area contributed by atoms with E-state index in [-0.39, 0.29) is 6.10 Å². The maximum atomic E-state index is 9.33. The molecule has 22 heavy (non-hydrogen) atoms. The quantitative estimate of drug-likeness (QED) is 0.785. The molecule has 4 heteroatoms. The minimum Gasteiger partial charge on any atom is -0.489 e. The van der Waals surface area contributed by atoms with Gasteiger partial charge >= 0.3 is 0 Å². The Bertz CT molecular complexity index is 614. The van der Waals surface area contributed by atoms with Crippen molar-refractivity contribution in [3.05, 3.63) is 63.6 Å². The third-order valence-corrected chi connectivity index (χ3v) is 3.75. The Morgan fingerprint density at radius 2 is 2.05 bits per heavy atom. The van der Waals surface area contributed by atoms with Gasteiger partial charge in [0, 0.05) is 23.1 Å². The number of hydrogen-bond acceptors (Lipinski definition) is 3. The minimum absolute atomic E-state index is 0.358.